The third-order valence-corrected chi connectivity index (χ3v) is 6.70. The molecule has 2 saturated heterocycles. The Morgan fingerprint density at radius 2 is 2.16 bits per heavy atom. The number of anilines is 1. The highest BCUT2D eigenvalue weighted by atomic mass is 16.3. The summed E-state index contributed by atoms with van der Waals surface area (Å²) < 4.78 is 1.82. The highest BCUT2D eigenvalue weighted by Gasteiger charge is 2.34. The fraction of sp³-hybridized carbons (Fsp3) is 0.682. The van der Waals surface area contributed by atoms with Gasteiger partial charge in [-0.2, -0.15) is 5.10 Å². The Labute approximate surface area is 188 Å². The Bertz CT molecular complexity index is 947. The first kappa shape index (κ1) is 22.9. The summed E-state index contributed by atoms with van der Waals surface area (Å²) in [5.41, 5.74) is 15.0. The van der Waals surface area contributed by atoms with Gasteiger partial charge in [-0.3, -0.25) is 10.1 Å². The minimum Gasteiger partial charge on any atom is -0.395 e. The molecule has 32 heavy (non-hydrogen) atoms. The number of fused-ring (bicyclic) bond motifs is 1. The van der Waals surface area contributed by atoms with E-state index in [4.69, 9.17) is 26.7 Å². The Balaban J connectivity index is 1.57. The van der Waals surface area contributed by atoms with Crippen LogP contribution in [0.4, 0.5) is 5.82 Å². The molecule has 4 heterocycles. The SMILES string of the molecule is Cc1cn2nc([C@@H]3CCCCN3C(=O)C(C)C(N)NCCO)cc2nc1N1CC[C@H](N)C1. The van der Waals surface area contributed by atoms with Crippen molar-refractivity contribution in [3.05, 3.63) is 23.5 Å². The normalized spacial score (nSPS) is 23.7. The molecule has 4 rings (SSSR count). The molecule has 4 atom stereocenters. The number of hydrogen-bond acceptors (Lipinski definition) is 8. The maximum absolute atomic E-state index is 13.3. The largest absolute Gasteiger partial charge is 0.395 e. The summed E-state index contributed by atoms with van der Waals surface area (Å²) in [5, 5.41) is 16.8. The van der Waals surface area contributed by atoms with Crippen LogP contribution in [-0.2, 0) is 4.79 Å². The molecule has 2 unspecified atom stereocenters. The molecule has 10 heteroatoms. The Morgan fingerprint density at radius 1 is 1.34 bits per heavy atom. The standard InChI is InChI=1S/C22H36N8O2/c1-14-12-30-19(26-21(14)28-9-6-16(23)13-28)11-17(27-30)18-5-3-4-8-29(18)22(32)15(2)20(24)25-7-10-31/h11-12,15-16,18,20,25,31H,3-10,13,23-24H2,1-2H3/t15?,16-,18-,20?/m0/s1. The minimum atomic E-state index is -0.503. The average Bonchev–Trinajstić information content (AvgIpc) is 3.41. The number of carbonyl (C=O) groups is 1. The van der Waals surface area contributed by atoms with Crippen LogP contribution in [0.3, 0.4) is 0 Å². The molecule has 2 aromatic rings. The molecule has 2 aromatic heterocycles. The zero-order valence-corrected chi connectivity index (χ0v) is 19.1. The number of carbonyl (C=O) groups excluding carboxylic acids is 1. The monoisotopic (exact) mass is 444 g/mol. The van der Waals surface area contributed by atoms with Gasteiger partial charge < -0.3 is 26.4 Å². The maximum Gasteiger partial charge on any atom is 0.228 e. The summed E-state index contributed by atoms with van der Waals surface area (Å²) in [5.74, 6) is 0.578. The van der Waals surface area contributed by atoms with Crippen LogP contribution in [0.5, 0.6) is 0 Å². The first-order valence-electron chi connectivity index (χ1n) is 11.7. The molecule has 0 spiro atoms. The van der Waals surface area contributed by atoms with Gasteiger partial charge in [-0.1, -0.05) is 6.92 Å². The number of aliphatic hydroxyl groups excluding tert-OH is 1. The average molecular weight is 445 g/mol. The second-order valence-electron chi connectivity index (χ2n) is 9.15. The molecule has 2 aliphatic heterocycles. The number of aromatic nitrogens is 3. The third kappa shape index (κ3) is 4.59. The van der Waals surface area contributed by atoms with Crippen LogP contribution in [0, 0.1) is 12.8 Å². The molecule has 0 saturated carbocycles. The van der Waals surface area contributed by atoms with E-state index in [0.29, 0.717) is 13.1 Å². The number of nitrogens with two attached hydrogens (primary N) is 2. The van der Waals surface area contributed by atoms with Crippen molar-refractivity contribution >= 4 is 17.4 Å². The molecule has 0 aromatic carbocycles. The topological polar surface area (TPSA) is 138 Å². The van der Waals surface area contributed by atoms with Crippen LogP contribution < -0.4 is 21.7 Å². The number of amides is 1. The van der Waals surface area contributed by atoms with Crippen LogP contribution in [-0.4, -0.2) is 75.5 Å². The number of likely N-dealkylation sites (tertiary alicyclic amines) is 1. The first-order chi connectivity index (χ1) is 15.4. The lowest BCUT2D eigenvalue weighted by atomic mass is 9.96. The number of aryl methyl sites for hydroxylation is 1. The Hall–Kier alpha value is -2.27. The molecule has 2 aliphatic rings. The fourth-order valence-electron chi connectivity index (χ4n) is 4.81. The van der Waals surface area contributed by atoms with Crippen LogP contribution in [0.1, 0.15) is 49.9 Å². The van der Waals surface area contributed by atoms with Crippen molar-refractivity contribution in [2.45, 2.75) is 57.8 Å². The first-order valence-corrected chi connectivity index (χ1v) is 11.7. The lowest BCUT2D eigenvalue weighted by Gasteiger charge is -2.37. The molecule has 0 bridgehead atoms. The molecule has 6 N–H and O–H groups in total. The van der Waals surface area contributed by atoms with Crippen molar-refractivity contribution in [2.75, 3.05) is 37.7 Å². The van der Waals surface area contributed by atoms with Crippen molar-refractivity contribution < 1.29 is 9.90 Å². The molecule has 0 aliphatic carbocycles. The van der Waals surface area contributed by atoms with E-state index < -0.39 is 12.1 Å². The third-order valence-electron chi connectivity index (χ3n) is 6.70. The Morgan fingerprint density at radius 3 is 2.88 bits per heavy atom. The highest BCUT2D eigenvalue weighted by molar-refractivity contribution is 5.79. The fourth-order valence-corrected chi connectivity index (χ4v) is 4.81. The molecule has 2 fully saturated rings. The molecule has 0 radical (unpaired) electrons. The van der Waals surface area contributed by atoms with Crippen LogP contribution in [0.25, 0.3) is 5.65 Å². The van der Waals surface area contributed by atoms with Crippen LogP contribution >= 0.6 is 0 Å². The number of hydrogen-bond donors (Lipinski definition) is 4. The maximum atomic E-state index is 13.3. The summed E-state index contributed by atoms with van der Waals surface area (Å²) in [4.78, 5) is 22.3. The molecule has 10 nitrogen and oxygen atoms in total. The van der Waals surface area contributed by atoms with E-state index in [1.165, 1.54) is 0 Å². The number of aliphatic hydroxyl groups is 1. The van der Waals surface area contributed by atoms with Gasteiger partial charge in [0.25, 0.3) is 0 Å². The van der Waals surface area contributed by atoms with E-state index in [1.54, 1.807) is 0 Å². The van der Waals surface area contributed by atoms with E-state index in [0.717, 1.165) is 61.5 Å². The smallest absolute Gasteiger partial charge is 0.228 e. The summed E-state index contributed by atoms with van der Waals surface area (Å²) in [6, 6.07) is 2.11. The lowest BCUT2D eigenvalue weighted by molar-refractivity contribution is -0.140. The van der Waals surface area contributed by atoms with Gasteiger partial charge in [0.05, 0.1) is 30.4 Å². The molecular formula is C22H36N8O2. The molecule has 1 amide bonds. The highest BCUT2D eigenvalue weighted by Crippen LogP contribution is 2.32. The van der Waals surface area contributed by atoms with Gasteiger partial charge in [-0.15, -0.1) is 0 Å². The summed E-state index contributed by atoms with van der Waals surface area (Å²) >= 11 is 0. The van der Waals surface area contributed by atoms with Gasteiger partial charge in [-0.05, 0) is 32.6 Å². The quantitative estimate of drug-likeness (QED) is 0.442. The summed E-state index contributed by atoms with van der Waals surface area (Å²) in [7, 11) is 0. The number of piperidine rings is 1. The minimum absolute atomic E-state index is 0.0139. The lowest BCUT2D eigenvalue weighted by Crippen LogP contribution is -2.52. The van der Waals surface area contributed by atoms with E-state index in [1.807, 2.05) is 35.5 Å². The van der Waals surface area contributed by atoms with Crippen molar-refractivity contribution in [3.8, 4) is 0 Å². The van der Waals surface area contributed by atoms with Gasteiger partial charge in [0.1, 0.15) is 5.82 Å². The summed E-state index contributed by atoms with van der Waals surface area (Å²) in [6.45, 7) is 6.66. The predicted octanol–water partition coefficient (Wildman–Crippen LogP) is 0.132. The van der Waals surface area contributed by atoms with Crippen molar-refractivity contribution in [2.24, 2.45) is 17.4 Å². The van der Waals surface area contributed by atoms with E-state index in [2.05, 4.69) is 10.2 Å². The summed E-state index contributed by atoms with van der Waals surface area (Å²) in [6.07, 6.45) is 5.37. The number of nitrogens with one attached hydrogen (secondary N) is 1. The second kappa shape index (κ2) is 9.70. The number of rotatable bonds is 7. The zero-order chi connectivity index (χ0) is 22.8. The van der Waals surface area contributed by atoms with E-state index >= 15 is 0 Å². The Kier molecular flexibility index (Phi) is 6.94. The second-order valence-corrected chi connectivity index (χ2v) is 9.15. The predicted molar refractivity (Wildman–Crippen MR) is 123 cm³/mol. The van der Waals surface area contributed by atoms with Gasteiger partial charge in [0.15, 0.2) is 5.65 Å². The van der Waals surface area contributed by atoms with Crippen molar-refractivity contribution in [3.63, 3.8) is 0 Å². The molecule has 176 valence electrons. The van der Waals surface area contributed by atoms with Crippen LogP contribution in [0.2, 0.25) is 0 Å². The zero-order valence-electron chi connectivity index (χ0n) is 19.1. The van der Waals surface area contributed by atoms with Crippen LogP contribution in [0.15, 0.2) is 12.3 Å². The van der Waals surface area contributed by atoms with E-state index in [9.17, 15) is 4.79 Å². The molecular weight excluding hydrogens is 408 g/mol. The van der Waals surface area contributed by atoms with Gasteiger partial charge in [0.2, 0.25) is 5.91 Å². The van der Waals surface area contributed by atoms with Crippen molar-refractivity contribution in [1.29, 1.82) is 0 Å². The van der Waals surface area contributed by atoms with Gasteiger partial charge in [-0.25, -0.2) is 9.50 Å². The van der Waals surface area contributed by atoms with E-state index in [-0.39, 0.29) is 24.6 Å². The van der Waals surface area contributed by atoms with Gasteiger partial charge >= 0.3 is 0 Å². The number of nitrogens with zero attached hydrogens (tertiary/aromatic N) is 5. The van der Waals surface area contributed by atoms with Crippen molar-refractivity contribution in [1.82, 2.24) is 24.8 Å². The van der Waals surface area contributed by atoms with Gasteiger partial charge in [0, 0.05) is 50.0 Å².